The molecule has 0 bridgehead atoms. The number of benzene rings is 1. The maximum Gasteiger partial charge on any atom is 0.126 e. The van der Waals surface area contributed by atoms with Crippen molar-refractivity contribution in [2.24, 2.45) is 11.7 Å². The van der Waals surface area contributed by atoms with Crippen molar-refractivity contribution in [2.75, 3.05) is 0 Å². The third-order valence-electron chi connectivity index (χ3n) is 3.16. The van der Waals surface area contributed by atoms with Crippen LogP contribution in [-0.4, -0.2) is 4.57 Å². The SMILES string of the molecule is CC(C)C(N)c1ccn(Cc2cc(F)cc(F)c2)c1. The summed E-state index contributed by atoms with van der Waals surface area (Å²) < 4.78 is 28.1. The van der Waals surface area contributed by atoms with E-state index in [2.05, 4.69) is 13.8 Å². The van der Waals surface area contributed by atoms with Crippen molar-refractivity contribution in [2.45, 2.75) is 26.4 Å². The molecule has 0 spiro atoms. The predicted molar refractivity (Wildman–Crippen MR) is 71.7 cm³/mol. The molecule has 0 aliphatic carbocycles. The van der Waals surface area contributed by atoms with Crippen LogP contribution in [0.1, 0.15) is 31.0 Å². The summed E-state index contributed by atoms with van der Waals surface area (Å²) in [6.45, 7) is 4.55. The van der Waals surface area contributed by atoms with E-state index in [1.165, 1.54) is 12.1 Å². The summed E-state index contributed by atoms with van der Waals surface area (Å²) in [4.78, 5) is 0. The van der Waals surface area contributed by atoms with Crippen molar-refractivity contribution in [1.82, 2.24) is 4.57 Å². The highest BCUT2D eigenvalue weighted by Gasteiger charge is 2.11. The van der Waals surface area contributed by atoms with Gasteiger partial charge >= 0.3 is 0 Å². The molecule has 19 heavy (non-hydrogen) atoms. The first-order chi connectivity index (χ1) is 8.95. The Kier molecular flexibility index (Phi) is 4.00. The van der Waals surface area contributed by atoms with Crippen LogP contribution in [0.2, 0.25) is 0 Å². The van der Waals surface area contributed by atoms with E-state index in [0.29, 0.717) is 18.0 Å². The van der Waals surface area contributed by atoms with Gasteiger partial charge in [-0.25, -0.2) is 8.78 Å². The van der Waals surface area contributed by atoms with Crippen molar-refractivity contribution in [3.05, 3.63) is 59.4 Å². The van der Waals surface area contributed by atoms with Crippen molar-refractivity contribution in [3.8, 4) is 0 Å². The molecule has 0 amide bonds. The molecule has 0 saturated carbocycles. The largest absolute Gasteiger partial charge is 0.350 e. The summed E-state index contributed by atoms with van der Waals surface area (Å²) >= 11 is 0. The smallest absolute Gasteiger partial charge is 0.126 e. The standard InChI is InChI=1S/C15H18F2N2/c1-10(2)15(18)12-3-4-19(9-12)8-11-5-13(16)7-14(17)6-11/h3-7,9-10,15H,8,18H2,1-2H3. The van der Waals surface area contributed by atoms with E-state index in [-0.39, 0.29) is 6.04 Å². The number of hydrogen-bond donors (Lipinski definition) is 1. The summed E-state index contributed by atoms with van der Waals surface area (Å²) in [5, 5.41) is 0. The highest BCUT2D eigenvalue weighted by atomic mass is 19.1. The maximum absolute atomic E-state index is 13.1. The first-order valence-electron chi connectivity index (χ1n) is 6.32. The first-order valence-corrected chi connectivity index (χ1v) is 6.32. The molecule has 1 heterocycles. The number of nitrogens with zero attached hydrogens (tertiary/aromatic N) is 1. The molecule has 2 rings (SSSR count). The quantitative estimate of drug-likeness (QED) is 0.900. The Balaban J connectivity index is 2.15. The highest BCUT2D eigenvalue weighted by Crippen LogP contribution is 2.19. The molecular formula is C15H18F2N2. The van der Waals surface area contributed by atoms with Gasteiger partial charge in [-0.3, -0.25) is 0 Å². The Bertz CT molecular complexity index is 541. The molecule has 1 aromatic heterocycles. The minimum Gasteiger partial charge on any atom is -0.350 e. The number of halogens is 2. The van der Waals surface area contributed by atoms with E-state index >= 15 is 0 Å². The lowest BCUT2D eigenvalue weighted by molar-refractivity contribution is 0.513. The van der Waals surface area contributed by atoms with Crippen LogP contribution in [0.5, 0.6) is 0 Å². The zero-order valence-electron chi connectivity index (χ0n) is 11.1. The van der Waals surface area contributed by atoms with Crippen LogP contribution in [-0.2, 0) is 6.54 Å². The van der Waals surface area contributed by atoms with Crippen molar-refractivity contribution < 1.29 is 8.78 Å². The van der Waals surface area contributed by atoms with Gasteiger partial charge in [-0.05, 0) is 35.2 Å². The first kappa shape index (κ1) is 13.7. The average molecular weight is 264 g/mol. The second kappa shape index (κ2) is 5.53. The summed E-state index contributed by atoms with van der Waals surface area (Å²) in [5.74, 6) is -0.759. The molecule has 0 fully saturated rings. The minimum atomic E-state index is -0.554. The van der Waals surface area contributed by atoms with Gasteiger partial charge in [0, 0.05) is 31.0 Å². The van der Waals surface area contributed by atoms with E-state index < -0.39 is 11.6 Å². The summed E-state index contributed by atoms with van der Waals surface area (Å²) in [5.41, 5.74) is 7.69. The van der Waals surface area contributed by atoms with Crippen LogP contribution < -0.4 is 5.73 Å². The van der Waals surface area contributed by atoms with Crippen LogP contribution in [0.15, 0.2) is 36.7 Å². The van der Waals surface area contributed by atoms with Gasteiger partial charge in [-0.1, -0.05) is 13.8 Å². The van der Waals surface area contributed by atoms with E-state index in [1.54, 1.807) is 0 Å². The summed E-state index contributed by atoms with van der Waals surface area (Å²) in [7, 11) is 0. The van der Waals surface area contributed by atoms with E-state index in [9.17, 15) is 8.78 Å². The molecule has 1 aromatic carbocycles. The fourth-order valence-corrected chi connectivity index (χ4v) is 2.05. The van der Waals surface area contributed by atoms with Gasteiger partial charge in [0.15, 0.2) is 0 Å². The fourth-order valence-electron chi connectivity index (χ4n) is 2.05. The molecule has 0 aliphatic heterocycles. The lowest BCUT2D eigenvalue weighted by Gasteiger charge is -2.13. The van der Waals surface area contributed by atoms with Gasteiger partial charge in [-0.2, -0.15) is 0 Å². The van der Waals surface area contributed by atoms with Gasteiger partial charge < -0.3 is 10.3 Å². The average Bonchev–Trinajstić information content (AvgIpc) is 2.74. The minimum absolute atomic E-state index is 0.0227. The second-order valence-electron chi connectivity index (χ2n) is 5.16. The van der Waals surface area contributed by atoms with E-state index in [0.717, 1.165) is 11.6 Å². The number of aromatic nitrogens is 1. The summed E-state index contributed by atoms with van der Waals surface area (Å²) in [6.07, 6.45) is 3.80. The lowest BCUT2D eigenvalue weighted by atomic mass is 10.00. The third kappa shape index (κ3) is 3.41. The van der Waals surface area contributed by atoms with Crippen molar-refractivity contribution in [1.29, 1.82) is 0 Å². The van der Waals surface area contributed by atoms with Crippen LogP contribution in [0, 0.1) is 17.6 Å². The monoisotopic (exact) mass is 264 g/mol. The van der Waals surface area contributed by atoms with Crippen LogP contribution in [0.3, 0.4) is 0 Å². The van der Waals surface area contributed by atoms with Crippen molar-refractivity contribution in [3.63, 3.8) is 0 Å². The van der Waals surface area contributed by atoms with Crippen LogP contribution in [0.4, 0.5) is 8.78 Å². The third-order valence-corrected chi connectivity index (χ3v) is 3.16. The molecule has 102 valence electrons. The predicted octanol–water partition coefficient (Wildman–Crippen LogP) is 3.47. The molecular weight excluding hydrogens is 246 g/mol. The van der Waals surface area contributed by atoms with E-state index in [1.807, 2.05) is 23.0 Å². The van der Waals surface area contributed by atoms with Crippen LogP contribution >= 0.6 is 0 Å². The zero-order valence-corrected chi connectivity index (χ0v) is 11.1. The molecule has 0 radical (unpaired) electrons. The number of hydrogen-bond acceptors (Lipinski definition) is 1. The van der Waals surface area contributed by atoms with Gasteiger partial charge in [0.05, 0.1) is 0 Å². The lowest BCUT2D eigenvalue weighted by Crippen LogP contribution is -2.15. The van der Waals surface area contributed by atoms with Crippen LogP contribution in [0.25, 0.3) is 0 Å². The Labute approximate surface area is 111 Å². The van der Waals surface area contributed by atoms with E-state index in [4.69, 9.17) is 5.73 Å². The molecule has 1 unspecified atom stereocenters. The molecule has 0 aliphatic rings. The maximum atomic E-state index is 13.1. The topological polar surface area (TPSA) is 30.9 Å². The summed E-state index contributed by atoms with van der Waals surface area (Å²) in [6, 6.07) is 5.47. The van der Waals surface area contributed by atoms with Crippen molar-refractivity contribution >= 4 is 0 Å². The Morgan fingerprint density at radius 1 is 1.16 bits per heavy atom. The molecule has 2 N–H and O–H groups in total. The fraction of sp³-hybridized carbons (Fsp3) is 0.333. The molecule has 4 heteroatoms. The number of rotatable bonds is 4. The van der Waals surface area contributed by atoms with Gasteiger partial charge in [0.2, 0.25) is 0 Å². The van der Waals surface area contributed by atoms with Gasteiger partial charge in [0.1, 0.15) is 11.6 Å². The highest BCUT2D eigenvalue weighted by molar-refractivity contribution is 5.21. The van der Waals surface area contributed by atoms with Gasteiger partial charge in [-0.15, -0.1) is 0 Å². The molecule has 2 aromatic rings. The Hall–Kier alpha value is -1.68. The van der Waals surface area contributed by atoms with Gasteiger partial charge in [0.25, 0.3) is 0 Å². The molecule has 0 saturated heterocycles. The Morgan fingerprint density at radius 3 is 2.37 bits per heavy atom. The number of nitrogens with two attached hydrogens (primary N) is 1. The second-order valence-corrected chi connectivity index (χ2v) is 5.16. The molecule has 2 nitrogen and oxygen atoms in total. The normalized spacial score (nSPS) is 12.9. The zero-order chi connectivity index (χ0) is 14.0. The molecule has 1 atom stereocenters. The Morgan fingerprint density at radius 2 is 1.79 bits per heavy atom.